The summed E-state index contributed by atoms with van der Waals surface area (Å²) in [6, 6.07) is 1.48. The number of nitrogens with zero attached hydrogens (tertiary/aromatic N) is 1. The Morgan fingerprint density at radius 2 is 2.31 bits per heavy atom. The van der Waals surface area contributed by atoms with E-state index >= 15 is 0 Å². The highest BCUT2D eigenvalue weighted by molar-refractivity contribution is 9.10. The van der Waals surface area contributed by atoms with Gasteiger partial charge in [-0.3, -0.25) is 4.79 Å². The largest absolute Gasteiger partial charge is 0.464 e. The van der Waals surface area contributed by atoms with Crippen molar-refractivity contribution in [1.82, 2.24) is 4.57 Å². The van der Waals surface area contributed by atoms with Gasteiger partial charge < -0.3 is 9.30 Å². The molecule has 70 valence electrons. The molecule has 0 spiro atoms. The molecule has 0 aliphatic rings. The van der Waals surface area contributed by atoms with Gasteiger partial charge in [-0.1, -0.05) is 0 Å². The number of ether oxygens (including phenoxy) is 1. The van der Waals surface area contributed by atoms with Crippen LogP contribution in [-0.4, -0.2) is 23.9 Å². The Hall–Kier alpha value is -1.10. The lowest BCUT2D eigenvalue weighted by molar-refractivity contribution is 0.0589. The lowest BCUT2D eigenvalue weighted by Gasteiger charge is -2.00. The number of aromatic nitrogens is 1. The van der Waals surface area contributed by atoms with E-state index in [0.717, 1.165) is 0 Å². The molecule has 5 heteroatoms. The molecule has 0 unspecified atom stereocenters. The summed E-state index contributed by atoms with van der Waals surface area (Å²) in [5.74, 6) is -0.462. The lowest BCUT2D eigenvalue weighted by Crippen LogP contribution is -2.07. The molecule has 0 aromatic carbocycles. The number of carbonyl (C=O) groups is 2. The molecule has 1 aromatic rings. The van der Waals surface area contributed by atoms with Crippen LogP contribution < -0.4 is 0 Å². The van der Waals surface area contributed by atoms with Crippen molar-refractivity contribution in [2.75, 3.05) is 7.11 Å². The van der Waals surface area contributed by atoms with E-state index in [1.807, 2.05) is 0 Å². The average Bonchev–Trinajstić information content (AvgIpc) is 2.43. The van der Waals surface area contributed by atoms with Gasteiger partial charge in [0, 0.05) is 12.6 Å². The highest BCUT2D eigenvalue weighted by atomic mass is 79.9. The summed E-state index contributed by atoms with van der Waals surface area (Å²) >= 11 is 3.18. The van der Waals surface area contributed by atoms with Crippen LogP contribution in [-0.2, 0) is 11.8 Å². The van der Waals surface area contributed by atoms with Crippen LogP contribution in [0.4, 0.5) is 0 Å². The summed E-state index contributed by atoms with van der Waals surface area (Å²) in [5, 5.41) is 0. The van der Waals surface area contributed by atoms with E-state index in [-0.39, 0.29) is 0 Å². The van der Waals surface area contributed by atoms with Gasteiger partial charge in [-0.25, -0.2) is 4.79 Å². The molecule has 0 bridgehead atoms. The minimum Gasteiger partial charge on any atom is -0.464 e. The molecule has 0 saturated heterocycles. The maximum Gasteiger partial charge on any atom is 0.354 e. The highest BCUT2D eigenvalue weighted by Crippen LogP contribution is 2.19. The first-order chi connectivity index (χ1) is 6.11. The van der Waals surface area contributed by atoms with Crippen molar-refractivity contribution in [1.29, 1.82) is 0 Å². The van der Waals surface area contributed by atoms with Gasteiger partial charge in [0.05, 0.1) is 11.7 Å². The second-order valence-corrected chi connectivity index (χ2v) is 3.20. The Labute approximate surface area is 83.6 Å². The van der Waals surface area contributed by atoms with Crippen LogP contribution in [0, 0.1) is 0 Å². The summed E-state index contributed by atoms with van der Waals surface area (Å²) < 4.78 is 6.66. The molecular weight excluding hydrogens is 238 g/mol. The maximum atomic E-state index is 11.1. The maximum absolute atomic E-state index is 11.1. The Morgan fingerprint density at radius 1 is 1.69 bits per heavy atom. The Bertz CT molecular complexity index is 357. The highest BCUT2D eigenvalue weighted by Gasteiger charge is 2.15. The number of hydrogen-bond donors (Lipinski definition) is 0. The van der Waals surface area contributed by atoms with Crippen LogP contribution in [0.5, 0.6) is 0 Å². The van der Waals surface area contributed by atoms with Gasteiger partial charge >= 0.3 is 5.97 Å². The van der Waals surface area contributed by atoms with Crippen molar-refractivity contribution in [2.45, 2.75) is 0 Å². The minimum atomic E-state index is -0.462. The van der Waals surface area contributed by atoms with Crippen molar-refractivity contribution in [3.8, 4) is 0 Å². The second-order valence-electron chi connectivity index (χ2n) is 2.44. The molecule has 0 saturated carbocycles. The van der Waals surface area contributed by atoms with Crippen LogP contribution >= 0.6 is 15.9 Å². The molecule has 0 N–H and O–H groups in total. The van der Waals surface area contributed by atoms with Crippen molar-refractivity contribution < 1.29 is 14.3 Å². The standard InChI is InChI=1S/C8H8BrNO3/c1-10-6(8(12)13-2)3-5(4-11)7(10)9/h3-4H,1-2H3. The zero-order chi connectivity index (χ0) is 10.0. The zero-order valence-electron chi connectivity index (χ0n) is 7.20. The minimum absolute atomic E-state index is 0.344. The van der Waals surface area contributed by atoms with Gasteiger partial charge in [0.1, 0.15) is 5.69 Å². The van der Waals surface area contributed by atoms with Gasteiger partial charge in [0.15, 0.2) is 6.29 Å². The smallest absolute Gasteiger partial charge is 0.354 e. The summed E-state index contributed by atoms with van der Waals surface area (Å²) in [6.07, 6.45) is 0.677. The van der Waals surface area contributed by atoms with Crippen LogP contribution in [0.1, 0.15) is 20.8 Å². The van der Waals surface area contributed by atoms with Crippen LogP contribution in [0.25, 0.3) is 0 Å². The molecule has 0 radical (unpaired) electrons. The SMILES string of the molecule is COC(=O)c1cc(C=O)c(Br)n1C. The normalized spacial score (nSPS) is 9.77. The third kappa shape index (κ3) is 1.65. The quantitative estimate of drug-likeness (QED) is 0.585. The number of esters is 1. The second kappa shape index (κ2) is 3.74. The van der Waals surface area contributed by atoms with E-state index in [1.165, 1.54) is 13.2 Å². The first-order valence-electron chi connectivity index (χ1n) is 3.50. The molecule has 1 heterocycles. The van der Waals surface area contributed by atoms with Crippen molar-refractivity contribution >= 4 is 28.2 Å². The Kier molecular flexibility index (Phi) is 2.87. The fraction of sp³-hybridized carbons (Fsp3) is 0.250. The molecule has 0 aliphatic heterocycles. The number of rotatable bonds is 2. The molecule has 1 rings (SSSR count). The van der Waals surface area contributed by atoms with Gasteiger partial charge in [0.2, 0.25) is 0 Å². The molecule has 0 fully saturated rings. The monoisotopic (exact) mass is 245 g/mol. The average molecular weight is 246 g/mol. The van der Waals surface area contributed by atoms with E-state index in [2.05, 4.69) is 20.7 Å². The zero-order valence-corrected chi connectivity index (χ0v) is 8.79. The fourth-order valence-electron chi connectivity index (χ4n) is 0.986. The number of hydrogen-bond acceptors (Lipinski definition) is 3. The number of halogens is 1. The van der Waals surface area contributed by atoms with Gasteiger partial charge in [-0.2, -0.15) is 0 Å². The lowest BCUT2D eigenvalue weighted by atomic mass is 10.3. The number of carbonyl (C=O) groups excluding carboxylic acids is 2. The molecule has 0 aliphatic carbocycles. The molecule has 13 heavy (non-hydrogen) atoms. The first kappa shape index (κ1) is 9.98. The van der Waals surface area contributed by atoms with E-state index in [9.17, 15) is 9.59 Å². The summed E-state index contributed by atoms with van der Waals surface area (Å²) in [4.78, 5) is 21.6. The topological polar surface area (TPSA) is 48.3 Å². The van der Waals surface area contributed by atoms with Crippen molar-refractivity contribution in [3.63, 3.8) is 0 Å². The fourth-order valence-corrected chi connectivity index (χ4v) is 1.39. The molecule has 0 atom stereocenters. The van der Waals surface area contributed by atoms with Gasteiger partial charge in [-0.15, -0.1) is 0 Å². The first-order valence-corrected chi connectivity index (χ1v) is 4.29. The molecule has 1 aromatic heterocycles. The van der Waals surface area contributed by atoms with E-state index in [0.29, 0.717) is 22.1 Å². The van der Waals surface area contributed by atoms with Crippen molar-refractivity contribution in [3.05, 3.63) is 21.9 Å². The van der Waals surface area contributed by atoms with E-state index in [4.69, 9.17) is 0 Å². The molecule has 0 amide bonds. The van der Waals surface area contributed by atoms with Gasteiger partial charge in [-0.05, 0) is 22.0 Å². The van der Waals surface area contributed by atoms with Gasteiger partial charge in [0.25, 0.3) is 0 Å². The van der Waals surface area contributed by atoms with Crippen LogP contribution in [0.2, 0.25) is 0 Å². The van der Waals surface area contributed by atoms with E-state index < -0.39 is 5.97 Å². The molecular formula is C8H8BrNO3. The Morgan fingerprint density at radius 3 is 2.69 bits per heavy atom. The number of methoxy groups -OCH3 is 1. The van der Waals surface area contributed by atoms with E-state index in [1.54, 1.807) is 11.6 Å². The summed E-state index contributed by atoms with van der Waals surface area (Å²) in [7, 11) is 2.97. The summed E-state index contributed by atoms with van der Waals surface area (Å²) in [6.45, 7) is 0. The van der Waals surface area contributed by atoms with Crippen LogP contribution in [0.15, 0.2) is 10.7 Å². The molecule has 4 nitrogen and oxygen atoms in total. The summed E-state index contributed by atoms with van der Waals surface area (Å²) in [5.41, 5.74) is 0.777. The number of aldehydes is 1. The third-order valence-electron chi connectivity index (χ3n) is 1.71. The predicted molar refractivity (Wildman–Crippen MR) is 49.8 cm³/mol. The third-order valence-corrected chi connectivity index (χ3v) is 2.70. The van der Waals surface area contributed by atoms with Crippen molar-refractivity contribution in [2.24, 2.45) is 7.05 Å². The Balaban J connectivity index is 3.24. The van der Waals surface area contributed by atoms with Crippen LogP contribution in [0.3, 0.4) is 0 Å². The predicted octanol–water partition coefficient (Wildman–Crippen LogP) is 1.39.